The number of rotatable bonds is 6. The number of benzene rings is 3. The molecule has 0 saturated heterocycles. The van der Waals surface area contributed by atoms with E-state index in [-0.39, 0.29) is 17.5 Å². The van der Waals surface area contributed by atoms with Gasteiger partial charge in [0, 0.05) is 0 Å². The number of hydrogen-bond acceptors (Lipinski definition) is 7. The summed E-state index contributed by atoms with van der Waals surface area (Å²) in [5.41, 5.74) is 2.08. The maximum Gasteiger partial charge on any atom is 0.264 e. The molecule has 37 heavy (non-hydrogen) atoms. The van der Waals surface area contributed by atoms with Crippen molar-refractivity contribution in [1.29, 1.82) is 0 Å². The van der Waals surface area contributed by atoms with Crippen molar-refractivity contribution in [2.24, 2.45) is 0 Å². The number of hydrogen-bond donors (Lipinski definition) is 1. The molecule has 9 nitrogen and oxygen atoms in total. The number of sulfonamides is 1. The van der Waals surface area contributed by atoms with Gasteiger partial charge in [0.25, 0.3) is 15.9 Å². The second-order valence-electron chi connectivity index (χ2n) is 8.92. The topological polar surface area (TPSA) is 103 Å². The van der Waals surface area contributed by atoms with E-state index in [0.29, 0.717) is 41.9 Å². The first-order valence-electron chi connectivity index (χ1n) is 11.9. The monoisotopic (exact) mass is 524 g/mol. The summed E-state index contributed by atoms with van der Waals surface area (Å²) in [6.45, 7) is 4.49. The Labute approximate surface area is 216 Å². The first-order valence-corrected chi connectivity index (χ1v) is 13.3. The Morgan fingerprint density at radius 2 is 1.70 bits per heavy atom. The van der Waals surface area contributed by atoms with Crippen LogP contribution in [-0.2, 0) is 14.8 Å². The van der Waals surface area contributed by atoms with Gasteiger partial charge in [-0.05, 0) is 73.5 Å². The van der Waals surface area contributed by atoms with Crippen LogP contribution in [0.3, 0.4) is 0 Å². The highest BCUT2D eigenvalue weighted by atomic mass is 32.2. The van der Waals surface area contributed by atoms with Gasteiger partial charge in [-0.1, -0.05) is 12.1 Å². The molecule has 0 aromatic heterocycles. The third-order valence-corrected chi connectivity index (χ3v) is 8.14. The van der Waals surface area contributed by atoms with Crippen molar-refractivity contribution in [1.82, 2.24) is 5.32 Å². The molecule has 194 valence electrons. The second-order valence-corrected chi connectivity index (χ2v) is 10.8. The lowest BCUT2D eigenvalue weighted by Gasteiger charge is -2.35. The molecule has 3 aromatic carbocycles. The standard InChI is InChI=1S/C27H28N2O7S/c1-17-4-10-23-22(14-17)29(37(31,32)21-8-6-20(33-3)7-9-21)16-26(36-23)27(30)28-18(2)19-5-11-24-25(15-19)35-13-12-34-24/h4-11,14-15,18,26H,12-13,16H2,1-3H3,(H,28,30)/t18-,26-/m1/s1. The van der Waals surface area contributed by atoms with Crippen molar-refractivity contribution in [2.75, 3.05) is 31.2 Å². The van der Waals surface area contributed by atoms with Crippen molar-refractivity contribution in [3.63, 3.8) is 0 Å². The van der Waals surface area contributed by atoms with Gasteiger partial charge >= 0.3 is 0 Å². The predicted molar refractivity (Wildman–Crippen MR) is 137 cm³/mol. The van der Waals surface area contributed by atoms with E-state index in [1.165, 1.54) is 23.5 Å². The summed E-state index contributed by atoms with van der Waals surface area (Å²) in [6, 6.07) is 16.5. The number of amides is 1. The van der Waals surface area contributed by atoms with E-state index in [9.17, 15) is 13.2 Å². The zero-order chi connectivity index (χ0) is 26.2. The number of nitrogens with one attached hydrogen (secondary N) is 1. The maximum atomic E-state index is 13.7. The fourth-order valence-electron chi connectivity index (χ4n) is 4.32. The van der Waals surface area contributed by atoms with Crippen LogP contribution in [-0.4, -0.2) is 47.3 Å². The van der Waals surface area contributed by atoms with Gasteiger partial charge in [-0.25, -0.2) is 8.42 Å². The number of fused-ring (bicyclic) bond motifs is 2. The van der Waals surface area contributed by atoms with Crippen molar-refractivity contribution >= 4 is 21.6 Å². The molecule has 0 aliphatic carbocycles. The van der Waals surface area contributed by atoms with Gasteiger partial charge < -0.3 is 24.3 Å². The lowest BCUT2D eigenvalue weighted by Crippen LogP contribution is -2.51. The number of carbonyl (C=O) groups excluding carboxylic acids is 1. The third-order valence-electron chi connectivity index (χ3n) is 6.35. The molecular formula is C27H28N2O7S. The molecule has 2 atom stereocenters. The molecule has 1 amide bonds. The Kier molecular flexibility index (Phi) is 6.59. The Hall–Kier alpha value is -3.92. The van der Waals surface area contributed by atoms with Gasteiger partial charge in [0.2, 0.25) is 0 Å². The predicted octanol–water partition coefficient (Wildman–Crippen LogP) is 3.61. The molecule has 0 unspecified atom stereocenters. The van der Waals surface area contributed by atoms with Gasteiger partial charge in [-0.2, -0.15) is 0 Å². The Morgan fingerprint density at radius 1 is 1.00 bits per heavy atom. The van der Waals surface area contributed by atoms with E-state index in [2.05, 4.69) is 5.32 Å². The van der Waals surface area contributed by atoms with Gasteiger partial charge in [-0.15, -0.1) is 0 Å². The van der Waals surface area contributed by atoms with Crippen LogP contribution in [0.1, 0.15) is 24.1 Å². The Morgan fingerprint density at radius 3 is 2.43 bits per heavy atom. The average Bonchev–Trinajstić information content (AvgIpc) is 2.92. The molecule has 0 radical (unpaired) electrons. The van der Waals surface area contributed by atoms with Gasteiger partial charge in [0.15, 0.2) is 17.6 Å². The third kappa shape index (κ3) is 4.89. The lowest BCUT2D eigenvalue weighted by atomic mass is 10.1. The summed E-state index contributed by atoms with van der Waals surface area (Å²) in [5, 5.41) is 2.94. The summed E-state index contributed by atoms with van der Waals surface area (Å²) in [5.74, 6) is 1.72. The van der Waals surface area contributed by atoms with E-state index in [0.717, 1.165) is 11.1 Å². The lowest BCUT2D eigenvalue weighted by molar-refractivity contribution is -0.128. The molecule has 2 aliphatic rings. The quantitative estimate of drug-likeness (QED) is 0.526. The van der Waals surface area contributed by atoms with E-state index in [1.807, 2.05) is 38.1 Å². The van der Waals surface area contributed by atoms with Crippen LogP contribution in [0.2, 0.25) is 0 Å². The maximum absolute atomic E-state index is 13.7. The first-order chi connectivity index (χ1) is 17.8. The zero-order valence-corrected chi connectivity index (χ0v) is 21.6. The molecule has 5 rings (SSSR count). The van der Waals surface area contributed by atoms with Crippen molar-refractivity contribution in [3.05, 3.63) is 71.8 Å². The summed E-state index contributed by atoms with van der Waals surface area (Å²) in [7, 11) is -2.47. The summed E-state index contributed by atoms with van der Waals surface area (Å²) in [6.07, 6.45) is -1.05. The average molecular weight is 525 g/mol. The zero-order valence-electron chi connectivity index (χ0n) is 20.8. The normalized spacial score (nSPS) is 17.3. The molecule has 2 heterocycles. The molecule has 10 heteroatoms. The van der Waals surface area contributed by atoms with Crippen LogP contribution in [0.5, 0.6) is 23.0 Å². The fourth-order valence-corrected chi connectivity index (χ4v) is 5.79. The fraction of sp³-hybridized carbons (Fsp3) is 0.296. The molecular weight excluding hydrogens is 496 g/mol. The van der Waals surface area contributed by atoms with E-state index in [1.54, 1.807) is 24.3 Å². The molecule has 0 saturated carbocycles. The van der Waals surface area contributed by atoms with Crippen LogP contribution < -0.4 is 28.6 Å². The molecule has 0 bridgehead atoms. The number of aryl methyl sites for hydroxylation is 1. The van der Waals surface area contributed by atoms with Crippen LogP contribution in [0.15, 0.2) is 65.6 Å². The number of carbonyl (C=O) groups is 1. The number of ether oxygens (including phenoxy) is 4. The Balaban J connectivity index is 1.40. The first kappa shape index (κ1) is 24.8. The summed E-state index contributed by atoms with van der Waals surface area (Å²) in [4.78, 5) is 13.4. The van der Waals surface area contributed by atoms with Crippen LogP contribution >= 0.6 is 0 Å². The van der Waals surface area contributed by atoms with Crippen molar-refractivity contribution in [2.45, 2.75) is 30.9 Å². The van der Waals surface area contributed by atoms with E-state index < -0.39 is 22.0 Å². The second kappa shape index (κ2) is 9.85. The van der Waals surface area contributed by atoms with Gasteiger partial charge in [0.1, 0.15) is 24.7 Å². The highest BCUT2D eigenvalue weighted by Crippen LogP contribution is 2.38. The Bertz CT molecular complexity index is 1420. The van der Waals surface area contributed by atoms with Crippen molar-refractivity contribution in [3.8, 4) is 23.0 Å². The van der Waals surface area contributed by atoms with Crippen molar-refractivity contribution < 1.29 is 32.2 Å². The molecule has 0 fully saturated rings. The smallest absolute Gasteiger partial charge is 0.264 e. The largest absolute Gasteiger partial charge is 0.497 e. The molecule has 3 aromatic rings. The van der Waals surface area contributed by atoms with Crippen LogP contribution in [0.25, 0.3) is 0 Å². The minimum Gasteiger partial charge on any atom is -0.497 e. The molecule has 0 spiro atoms. The summed E-state index contributed by atoms with van der Waals surface area (Å²) < 4.78 is 51.0. The SMILES string of the molecule is COc1ccc(S(=O)(=O)N2C[C@H](C(=O)N[C@H](C)c3ccc4c(c3)OCCO4)Oc3ccc(C)cc32)cc1. The highest BCUT2D eigenvalue weighted by Gasteiger charge is 2.38. The van der Waals surface area contributed by atoms with E-state index >= 15 is 0 Å². The highest BCUT2D eigenvalue weighted by molar-refractivity contribution is 7.92. The minimum absolute atomic E-state index is 0.0893. The van der Waals surface area contributed by atoms with E-state index in [4.69, 9.17) is 18.9 Å². The molecule has 2 aliphatic heterocycles. The summed E-state index contributed by atoms with van der Waals surface area (Å²) >= 11 is 0. The molecule has 1 N–H and O–H groups in total. The number of methoxy groups -OCH3 is 1. The van der Waals surface area contributed by atoms with Gasteiger partial charge in [0.05, 0.1) is 30.3 Å². The van der Waals surface area contributed by atoms with Gasteiger partial charge in [-0.3, -0.25) is 9.10 Å². The number of anilines is 1. The number of nitrogens with zero attached hydrogens (tertiary/aromatic N) is 1. The minimum atomic E-state index is -3.99. The van der Waals surface area contributed by atoms with Crippen LogP contribution in [0, 0.1) is 6.92 Å². The van der Waals surface area contributed by atoms with Crippen LogP contribution in [0.4, 0.5) is 5.69 Å².